The number of benzene rings is 2. The van der Waals surface area contributed by atoms with Gasteiger partial charge in [0.05, 0.1) is 11.0 Å². The first-order valence-corrected chi connectivity index (χ1v) is 6.04. The van der Waals surface area contributed by atoms with Gasteiger partial charge in [-0.1, -0.05) is 24.3 Å². The first-order chi connectivity index (χ1) is 8.75. The lowest BCUT2D eigenvalue weighted by atomic mass is 10.1. The van der Waals surface area contributed by atoms with Crippen LogP contribution in [0.25, 0.3) is 16.7 Å². The number of nitrogens with two attached hydrogens (primary N) is 1. The summed E-state index contributed by atoms with van der Waals surface area (Å²) in [7, 11) is 0. The minimum Gasteiger partial charge on any atom is -0.324 e. The van der Waals surface area contributed by atoms with Crippen LogP contribution in [0.15, 0.2) is 54.9 Å². The van der Waals surface area contributed by atoms with Crippen molar-refractivity contribution in [3.8, 4) is 5.69 Å². The van der Waals surface area contributed by atoms with Gasteiger partial charge in [0.15, 0.2) is 0 Å². The Kier molecular flexibility index (Phi) is 2.61. The van der Waals surface area contributed by atoms with E-state index in [1.807, 2.05) is 31.5 Å². The number of fused-ring (bicyclic) bond motifs is 1. The smallest absolute Gasteiger partial charge is 0.100 e. The Morgan fingerprint density at radius 2 is 1.78 bits per heavy atom. The Labute approximate surface area is 106 Å². The summed E-state index contributed by atoms with van der Waals surface area (Å²) >= 11 is 0. The monoisotopic (exact) mass is 237 g/mol. The molecule has 1 heterocycles. The SMILES string of the molecule is CC(N)c1ccc(-n2cnc3ccccc32)cc1. The number of hydrogen-bond donors (Lipinski definition) is 1. The van der Waals surface area contributed by atoms with E-state index in [4.69, 9.17) is 5.73 Å². The van der Waals surface area contributed by atoms with Gasteiger partial charge < -0.3 is 5.73 Å². The first-order valence-electron chi connectivity index (χ1n) is 6.04. The molecule has 1 aromatic heterocycles. The number of imidazole rings is 1. The maximum Gasteiger partial charge on any atom is 0.100 e. The number of nitrogens with zero attached hydrogens (tertiary/aromatic N) is 2. The van der Waals surface area contributed by atoms with Gasteiger partial charge in [-0.15, -0.1) is 0 Å². The minimum absolute atomic E-state index is 0.0681. The second kappa shape index (κ2) is 4.27. The molecule has 3 heteroatoms. The Bertz CT molecular complexity index is 666. The topological polar surface area (TPSA) is 43.8 Å². The van der Waals surface area contributed by atoms with Gasteiger partial charge in [0, 0.05) is 11.7 Å². The molecule has 0 amide bonds. The van der Waals surface area contributed by atoms with Crippen LogP contribution in [-0.4, -0.2) is 9.55 Å². The summed E-state index contributed by atoms with van der Waals surface area (Å²) < 4.78 is 2.08. The zero-order valence-electron chi connectivity index (χ0n) is 10.2. The van der Waals surface area contributed by atoms with Crippen LogP contribution in [0.3, 0.4) is 0 Å². The van der Waals surface area contributed by atoms with E-state index < -0.39 is 0 Å². The van der Waals surface area contributed by atoms with Crippen molar-refractivity contribution in [1.82, 2.24) is 9.55 Å². The van der Waals surface area contributed by atoms with Crippen molar-refractivity contribution in [3.05, 3.63) is 60.4 Å². The van der Waals surface area contributed by atoms with Crippen molar-refractivity contribution in [2.75, 3.05) is 0 Å². The third-order valence-electron chi connectivity index (χ3n) is 3.15. The molecule has 18 heavy (non-hydrogen) atoms. The fourth-order valence-electron chi connectivity index (χ4n) is 2.10. The van der Waals surface area contributed by atoms with E-state index >= 15 is 0 Å². The Balaban J connectivity index is 2.09. The summed E-state index contributed by atoms with van der Waals surface area (Å²) in [6, 6.07) is 16.5. The van der Waals surface area contributed by atoms with Crippen LogP contribution in [0.2, 0.25) is 0 Å². The number of para-hydroxylation sites is 2. The molecule has 0 spiro atoms. The summed E-state index contributed by atoms with van der Waals surface area (Å²) in [4.78, 5) is 4.39. The lowest BCUT2D eigenvalue weighted by molar-refractivity contribution is 0.817. The van der Waals surface area contributed by atoms with Gasteiger partial charge in [-0.3, -0.25) is 4.57 Å². The second-order valence-corrected chi connectivity index (χ2v) is 4.48. The van der Waals surface area contributed by atoms with Crippen LogP contribution in [0.4, 0.5) is 0 Å². The zero-order valence-corrected chi connectivity index (χ0v) is 10.2. The molecule has 3 rings (SSSR count). The van der Waals surface area contributed by atoms with Gasteiger partial charge in [-0.2, -0.15) is 0 Å². The molecular formula is C15H15N3. The highest BCUT2D eigenvalue weighted by molar-refractivity contribution is 5.77. The molecule has 0 aliphatic carbocycles. The van der Waals surface area contributed by atoms with Crippen LogP contribution >= 0.6 is 0 Å². The Morgan fingerprint density at radius 3 is 2.50 bits per heavy atom. The molecule has 2 aromatic carbocycles. The highest BCUT2D eigenvalue weighted by Crippen LogP contribution is 2.19. The standard InChI is InChI=1S/C15H15N3/c1-11(16)12-6-8-13(9-7-12)18-10-17-14-4-2-3-5-15(14)18/h2-11H,16H2,1H3. The van der Waals surface area contributed by atoms with Crippen molar-refractivity contribution >= 4 is 11.0 Å². The molecule has 3 aromatic rings. The molecule has 0 radical (unpaired) electrons. The summed E-state index contributed by atoms with van der Waals surface area (Å²) in [6.45, 7) is 1.99. The molecule has 0 saturated carbocycles. The van der Waals surface area contributed by atoms with E-state index in [-0.39, 0.29) is 6.04 Å². The van der Waals surface area contributed by atoms with E-state index in [9.17, 15) is 0 Å². The average molecular weight is 237 g/mol. The Morgan fingerprint density at radius 1 is 1.06 bits per heavy atom. The van der Waals surface area contributed by atoms with Crippen LogP contribution in [0, 0.1) is 0 Å². The summed E-state index contributed by atoms with van der Waals surface area (Å²) in [6.07, 6.45) is 1.85. The molecular weight excluding hydrogens is 222 g/mol. The second-order valence-electron chi connectivity index (χ2n) is 4.48. The van der Waals surface area contributed by atoms with Crippen molar-refractivity contribution in [2.45, 2.75) is 13.0 Å². The van der Waals surface area contributed by atoms with Crippen LogP contribution < -0.4 is 5.73 Å². The van der Waals surface area contributed by atoms with Gasteiger partial charge in [0.1, 0.15) is 6.33 Å². The van der Waals surface area contributed by atoms with Crippen LogP contribution in [0.1, 0.15) is 18.5 Å². The molecule has 0 bridgehead atoms. The highest BCUT2D eigenvalue weighted by Gasteiger charge is 2.04. The molecule has 1 atom stereocenters. The lowest BCUT2D eigenvalue weighted by Gasteiger charge is -2.08. The van der Waals surface area contributed by atoms with Gasteiger partial charge in [-0.25, -0.2) is 4.98 Å². The van der Waals surface area contributed by atoms with E-state index in [1.165, 1.54) is 0 Å². The van der Waals surface area contributed by atoms with E-state index in [0.29, 0.717) is 0 Å². The number of aromatic nitrogens is 2. The summed E-state index contributed by atoms with van der Waals surface area (Å²) in [5.41, 5.74) is 10.2. The van der Waals surface area contributed by atoms with Crippen molar-refractivity contribution in [2.24, 2.45) is 5.73 Å². The van der Waals surface area contributed by atoms with Gasteiger partial charge in [-0.05, 0) is 36.8 Å². The van der Waals surface area contributed by atoms with Crippen LogP contribution in [0.5, 0.6) is 0 Å². The predicted octanol–water partition coefficient (Wildman–Crippen LogP) is 3.05. The quantitative estimate of drug-likeness (QED) is 0.744. The lowest BCUT2D eigenvalue weighted by Crippen LogP contribution is -2.04. The fraction of sp³-hybridized carbons (Fsp3) is 0.133. The zero-order chi connectivity index (χ0) is 12.5. The van der Waals surface area contributed by atoms with E-state index in [1.54, 1.807) is 0 Å². The molecule has 0 aliphatic rings. The average Bonchev–Trinajstić information content (AvgIpc) is 2.82. The molecule has 90 valence electrons. The normalized spacial score (nSPS) is 12.8. The predicted molar refractivity (Wildman–Crippen MR) is 73.7 cm³/mol. The fourth-order valence-corrected chi connectivity index (χ4v) is 2.10. The molecule has 1 unspecified atom stereocenters. The molecule has 0 fully saturated rings. The van der Waals surface area contributed by atoms with E-state index in [0.717, 1.165) is 22.3 Å². The summed E-state index contributed by atoms with van der Waals surface area (Å²) in [5, 5.41) is 0. The van der Waals surface area contributed by atoms with Gasteiger partial charge in [0.2, 0.25) is 0 Å². The number of hydrogen-bond acceptors (Lipinski definition) is 2. The Hall–Kier alpha value is -2.13. The maximum absolute atomic E-state index is 5.85. The van der Waals surface area contributed by atoms with Gasteiger partial charge >= 0.3 is 0 Å². The summed E-state index contributed by atoms with van der Waals surface area (Å²) in [5.74, 6) is 0. The third-order valence-corrected chi connectivity index (χ3v) is 3.15. The highest BCUT2D eigenvalue weighted by atomic mass is 15.0. The van der Waals surface area contributed by atoms with Crippen molar-refractivity contribution < 1.29 is 0 Å². The van der Waals surface area contributed by atoms with E-state index in [2.05, 4.69) is 39.9 Å². The molecule has 0 aliphatic heterocycles. The molecule has 3 nitrogen and oxygen atoms in total. The first kappa shape index (κ1) is 11.0. The maximum atomic E-state index is 5.85. The third kappa shape index (κ3) is 1.79. The van der Waals surface area contributed by atoms with Crippen LogP contribution in [-0.2, 0) is 0 Å². The van der Waals surface area contributed by atoms with Crippen molar-refractivity contribution in [3.63, 3.8) is 0 Å². The van der Waals surface area contributed by atoms with Crippen molar-refractivity contribution in [1.29, 1.82) is 0 Å². The molecule has 2 N–H and O–H groups in total. The minimum atomic E-state index is 0.0681. The molecule has 0 saturated heterocycles. The van der Waals surface area contributed by atoms with Gasteiger partial charge in [0.25, 0.3) is 0 Å². The largest absolute Gasteiger partial charge is 0.324 e. The number of rotatable bonds is 2.